The van der Waals surface area contributed by atoms with Crippen LogP contribution in [0.3, 0.4) is 0 Å². The van der Waals surface area contributed by atoms with Crippen molar-refractivity contribution in [3.63, 3.8) is 0 Å². The molecule has 1 atom stereocenters. The molecule has 0 unspecified atom stereocenters. The van der Waals surface area contributed by atoms with Crippen molar-refractivity contribution >= 4 is 22.8 Å². The van der Waals surface area contributed by atoms with Gasteiger partial charge in [-0.3, -0.25) is 4.79 Å². The average molecular weight is 298 g/mol. The third kappa shape index (κ3) is 2.83. The lowest BCUT2D eigenvalue weighted by Gasteiger charge is -2.12. The molecule has 2 heterocycles. The molecule has 7 heteroatoms. The van der Waals surface area contributed by atoms with Crippen molar-refractivity contribution in [1.82, 2.24) is 20.3 Å². The molecule has 0 spiro atoms. The number of carboxylic acids is 1. The fourth-order valence-electron chi connectivity index (χ4n) is 2.25. The van der Waals surface area contributed by atoms with Crippen LogP contribution in [0, 0.1) is 0 Å². The van der Waals surface area contributed by atoms with E-state index in [0.717, 1.165) is 10.9 Å². The monoisotopic (exact) mass is 298 g/mol. The number of rotatable bonds is 5. The number of H-pyrrole nitrogens is 2. The number of nitrogens with zero attached hydrogens (tertiary/aromatic N) is 1. The standard InChI is InChI=1S/C15H14N4O3/c20-14(12-5-9-3-1-2-4-11(9)18-12)19-13(15(21)22)6-10-7-16-8-17-10/h1-5,7-8,13,18H,6H2,(H,16,17)(H,19,20)(H,21,22)/t13-/m0/s1. The van der Waals surface area contributed by atoms with Crippen molar-refractivity contribution in [2.45, 2.75) is 12.5 Å². The molecule has 0 saturated carbocycles. The number of imidazole rings is 1. The Labute approximate surface area is 125 Å². The molecule has 1 amide bonds. The maximum Gasteiger partial charge on any atom is 0.326 e. The number of carboxylic acid groups (broad SMARTS) is 1. The molecule has 0 bridgehead atoms. The second kappa shape index (κ2) is 5.72. The van der Waals surface area contributed by atoms with Crippen LogP contribution in [0.2, 0.25) is 0 Å². The highest BCUT2D eigenvalue weighted by Crippen LogP contribution is 2.14. The Balaban J connectivity index is 1.77. The van der Waals surface area contributed by atoms with Crippen LogP contribution < -0.4 is 5.32 Å². The third-order valence-electron chi connectivity index (χ3n) is 3.36. The summed E-state index contributed by atoms with van der Waals surface area (Å²) in [6.07, 6.45) is 3.14. The summed E-state index contributed by atoms with van der Waals surface area (Å²) in [5, 5.41) is 12.7. The zero-order chi connectivity index (χ0) is 15.5. The highest BCUT2D eigenvalue weighted by atomic mass is 16.4. The van der Waals surface area contributed by atoms with Crippen LogP contribution in [-0.2, 0) is 11.2 Å². The van der Waals surface area contributed by atoms with Crippen LogP contribution in [0.1, 0.15) is 16.2 Å². The predicted octanol–water partition coefficient (Wildman–Crippen LogP) is 1.32. The Hall–Kier alpha value is -3.09. The number of nitrogens with one attached hydrogen (secondary N) is 3. The molecule has 7 nitrogen and oxygen atoms in total. The number of aromatic amines is 2. The van der Waals surface area contributed by atoms with E-state index in [9.17, 15) is 14.7 Å². The topological polar surface area (TPSA) is 111 Å². The summed E-state index contributed by atoms with van der Waals surface area (Å²) in [5.74, 6) is -1.55. The number of hydrogen-bond donors (Lipinski definition) is 4. The molecule has 0 aliphatic carbocycles. The first-order valence-corrected chi connectivity index (χ1v) is 6.72. The molecule has 22 heavy (non-hydrogen) atoms. The summed E-state index contributed by atoms with van der Waals surface area (Å²) in [6, 6.07) is 8.13. The molecule has 2 aromatic heterocycles. The summed E-state index contributed by atoms with van der Waals surface area (Å²) in [4.78, 5) is 33.2. The molecule has 4 N–H and O–H groups in total. The van der Waals surface area contributed by atoms with E-state index in [0.29, 0.717) is 11.4 Å². The smallest absolute Gasteiger partial charge is 0.326 e. The molecular weight excluding hydrogens is 284 g/mol. The van der Waals surface area contributed by atoms with Gasteiger partial charge in [-0.05, 0) is 12.1 Å². The second-order valence-corrected chi connectivity index (χ2v) is 4.92. The Bertz CT molecular complexity index is 774. The summed E-state index contributed by atoms with van der Waals surface area (Å²) in [6.45, 7) is 0. The van der Waals surface area contributed by atoms with E-state index in [2.05, 4.69) is 20.3 Å². The van der Waals surface area contributed by atoms with Gasteiger partial charge in [0.25, 0.3) is 5.91 Å². The van der Waals surface area contributed by atoms with Crippen LogP contribution in [0.5, 0.6) is 0 Å². The molecule has 0 aliphatic heterocycles. The van der Waals surface area contributed by atoms with E-state index in [-0.39, 0.29) is 6.42 Å². The van der Waals surface area contributed by atoms with E-state index in [4.69, 9.17) is 0 Å². The summed E-state index contributed by atoms with van der Waals surface area (Å²) in [5.41, 5.74) is 1.80. The van der Waals surface area contributed by atoms with E-state index in [1.54, 1.807) is 6.07 Å². The maximum atomic E-state index is 12.2. The number of aromatic nitrogens is 3. The van der Waals surface area contributed by atoms with Crippen molar-refractivity contribution in [1.29, 1.82) is 0 Å². The number of carbonyl (C=O) groups is 2. The van der Waals surface area contributed by atoms with Crippen LogP contribution in [-0.4, -0.2) is 38.0 Å². The molecule has 3 rings (SSSR count). The van der Waals surface area contributed by atoms with Gasteiger partial charge >= 0.3 is 5.97 Å². The molecule has 1 aromatic carbocycles. The number of aliphatic carboxylic acids is 1. The zero-order valence-electron chi connectivity index (χ0n) is 11.5. The van der Waals surface area contributed by atoms with Gasteiger partial charge < -0.3 is 20.4 Å². The minimum absolute atomic E-state index is 0.140. The normalized spacial score (nSPS) is 12.2. The molecule has 3 aromatic rings. The van der Waals surface area contributed by atoms with Crippen molar-refractivity contribution in [3.05, 3.63) is 54.2 Å². The second-order valence-electron chi connectivity index (χ2n) is 4.92. The van der Waals surface area contributed by atoms with Gasteiger partial charge in [-0.25, -0.2) is 9.78 Å². The Morgan fingerprint density at radius 2 is 2.14 bits per heavy atom. The van der Waals surface area contributed by atoms with Crippen LogP contribution >= 0.6 is 0 Å². The van der Waals surface area contributed by atoms with Crippen molar-refractivity contribution in [2.24, 2.45) is 0 Å². The molecule has 0 fully saturated rings. The third-order valence-corrected chi connectivity index (χ3v) is 3.36. The first kappa shape index (κ1) is 13.9. The van der Waals surface area contributed by atoms with Crippen LogP contribution in [0.4, 0.5) is 0 Å². The lowest BCUT2D eigenvalue weighted by Crippen LogP contribution is -2.42. The van der Waals surface area contributed by atoms with Gasteiger partial charge in [0.2, 0.25) is 0 Å². The van der Waals surface area contributed by atoms with Crippen LogP contribution in [0.15, 0.2) is 42.9 Å². The Morgan fingerprint density at radius 1 is 1.32 bits per heavy atom. The number of fused-ring (bicyclic) bond motifs is 1. The fourth-order valence-corrected chi connectivity index (χ4v) is 2.25. The number of hydrogen-bond acceptors (Lipinski definition) is 3. The van der Waals surface area contributed by atoms with E-state index in [1.807, 2.05) is 24.3 Å². The van der Waals surface area contributed by atoms with Gasteiger partial charge in [0.05, 0.1) is 6.33 Å². The minimum Gasteiger partial charge on any atom is -0.480 e. The van der Waals surface area contributed by atoms with E-state index < -0.39 is 17.9 Å². The largest absolute Gasteiger partial charge is 0.480 e. The highest BCUT2D eigenvalue weighted by molar-refractivity contribution is 5.99. The van der Waals surface area contributed by atoms with Gasteiger partial charge in [-0.15, -0.1) is 0 Å². The summed E-state index contributed by atoms with van der Waals surface area (Å²) >= 11 is 0. The minimum atomic E-state index is -1.10. The highest BCUT2D eigenvalue weighted by Gasteiger charge is 2.22. The van der Waals surface area contributed by atoms with E-state index in [1.165, 1.54) is 12.5 Å². The number of para-hydroxylation sites is 1. The molecule has 112 valence electrons. The maximum absolute atomic E-state index is 12.2. The fraction of sp³-hybridized carbons (Fsp3) is 0.133. The van der Waals surface area contributed by atoms with Crippen molar-refractivity contribution in [2.75, 3.05) is 0 Å². The van der Waals surface area contributed by atoms with Gasteiger partial charge in [0.1, 0.15) is 11.7 Å². The molecular formula is C15H14N4O3. The quantitative estimate of drug-likeness (QED) is 0.569. The van der Waals surface area contributed by atoms with Gasteiger partial charge in [0.15, 0.2) is 0 Å². The SMILES string of the molecule is O=C(N[C@@H](Cc1cnc[nH]1)C(=O)O)c1cc2ccccc2[nH]1. The molecule has 0 saturated heterocycles. The Kier molecular flexibility index (Phi) is 3.61. The molecule has 0 aliphatic rings. The van der Waals surface area contributed by atoms with Crippen LogP contribution in [0.25, 0.3) is 10.9 Å². The first-order chi connectivity index (χ1) is 10.6. The van der Waals surface area contributed by atoms with Gasteiger partial charge in [0, 0.05) is 29.2 Å². The number of carbonyl (C=O) groups excluding carboxylic acids is 1. The average Bonchev–Trinajstić information content (AvgIpc) is 3.15. The van der Waals surface area contributed by atoms with Crippen molar-refractivity contribution < 1.29 is 14.7 Å². The van der Waals surface area contributed by atoms with Gasteiger partial charge in [-0.2, -0.15) is 0 Å². The first-order valence-electron chi connectivity index (χ1n) is 6.72. The van der Waals surface area contributed by atoms with Gasteiger partial charge in [-0.1, -0.05) is 18.2 Å². The van der Waals surface area contributed by atoms with Crippen molar-refractivity contribution in [3.8, 4) is 0 Å². The van der Waals surface area contributed by atoms with E-state index >= 15 is 0 Å². The zero-order valence-corrected chi connectivity index (χ0v) is 11.5. The lowest BCUT2D eigenvalue weighted by molar-refractivity contribution is -0.139. The Morgan fingerprint density at radius 3 is 2.82 bits per heavy atom. The summed E-state index contributed by atoms with van der Waals surface area (Å²) in [7, 11) is 0. The number of benzene rings is 1. The molecule has 0 radical (unpaired) electrons. The predicted molar refractivity (Wildman–Crippen MR) is 79.5 cm³/mol. The number of amides is 1. The lowest BCUT2D eigenvalue weighted by atomic mass is 10.1. The summed E-state index contributed by atoms with van der Waals surface area (Å²) < 4.78 is 0.